The third-order valence-electron chi connectivity index (χ3n) is 8.00. The summed E-state index contributed by atoms with van der Waals surface area (Å²) >= 11 is 0. The Morgan fingerprint density at radius 1 is 0.600 bits per heavy atom. The van der Waals surface area contributed by atoms with Crippen molar-refractivity contribution in [3.05, 3.63) is 139 Å². The highest BCUT2D eigenvalue weighted by Crippen LogP contribution is 2.41. The average Bonchev–Trinajstić information content (AvgIpc) is 3.53. The molecule has 0 saturated heterocycles. The highest BCUT2D eigenvalue weighted by atomic mass is 14.9. The van der Waals surface area contributed by atoms with Crippen LogP contribution in [0.5, 0.6) is 0 Å². The minimum atomic E-state index is 0.139. The highest BCUT2D eigenvalue weighted by Gasteiger charge is 2.19. The Labute approximate surface area is 230 Å². The first-order valence-corrected chi connectivity index (χ1v) is 13.4. The lowest BCUT2D eigenvalue weighted by Crippen LogP contribution is -2.16. The van der Waals surface area contributed by atoms with Gasteiger partial charge in [0.15, 0.2) is 5.84 Å². The number of hydrogen-bond donors (Lipinski definition) is 2. The zero-order chi connectivity index (χ0) is 26.8. The molecule has 0 atom stereocenters. The predicted octanol–water partition coefficient (Wildman–Crippen LogP) is 8.39. The molecule has 0 aliphatic rings. The van der Waals surface area contributed by atoms with E-state index >= 15 is 0 Å². The van der Waals surface area contributed by atoms with E-state index in [4.69, 9.17) is 11.1 Å². The molecule has 2 aromatic heterocycles. The SMILES string of the molecule is N=C(N=C(N)c1ccccc1)c1ccc2ccccc2c1-c1ccc2c3cccc4c5ccccc5n(c2c1)c43. The molecular weight excluding hydrogens is 488 g/mol. The van der Waals surface area contributed by atoms with E-state index in [0.717, 1.165) is 38.5 Å². The van der Waals surface area contributed by atoms with E-state index in [2.05, 4.69) is 88.3 Å². The van der Waals surface area contributed by atoms with Gasteiger partial charge in [0.25, 0.3) is 0 Å². The summed E-state index contributed by atoms with van der Waals surface area (Å²) in [4.78, 5) is 4.55. The smallest absolute Gasteiger partial charge is 0.154 e. The van der Waals surface area contributed by atoms with Crippen LogP contribution in [0.4, 0.5) is 0 Å². The molecule has 0 bridgehead atoms. The summed E-state index contributed by atoms with van der Waals surface area (Å²) in [6.07, 6.45) is 0. The van der Waals surface area contributed by atoms with Crippen molar-refractivity contribution in [2.24, 2.45) is 10.7 Å². The summed E-state index contributed by atoms with van der Waals surface area (Å²) < 4.78 is 2.39. The molecule has 0 radical (unpaired) electrons. The Morgan fingerprint density at radius 2 is 1.27 bits per heavy atom. The number of amidine groups is 2. The average molecular weight is 513 g/mol. The molecular formula is C36H24N4. The molecule has 0 aliphatic carbocycles. The highest BCUT2D eigenvalue weighted by molar-refractivity contribution is 6.24. The first-order chi connectivity index (χ1) is 19.7. The third kappa shape index (κ3) is 3.20. The number of nitrogens with one attached hydrogen (secondary N) is 1. The van der Waals surface area contributed by atoms with Crippen molar-refractivity contribution >= 4 is 60.5 Å². The van der Waals surface area contributed by atoms with Gasteiger partial charge in [0.1, 0.15) is 5.84 Å². The topological polar surface area (TPSA) is 66.6 Å². The molecule has 0 aliphatic heterocycles. The van der Waals surface area contributed by atoms with Crippen molar-refractivity contribution in [3.8, 4) is 11.1 Å². The van der Waals surface area contributed by atoms with Gasteiger partial charge in [0.05, 0.1) is 16.6 Å². The van der Waals surface area contributed by atoms with Crippen molar-refractivity contribution in [1.82, 2.24) is 4.40 Å². The maximum atomic E-state index is 9.04. The fourth-order valence-electron chi connectivity index (χ4n) is 6.22. The van der Waals surface area contributed by atoms with E-state index in [1.165, 1.54) is 32.6 Å². The molecule has 4 heteroatoms. The number of para-hydroxylation sites is 2. The van der Waals surface area contributed by atoms with E-state index < -0.39 is 0 Å². The van der Waals surface area contributed by atoms with Crippen molar-refractivity contribution in [2.75, 3.05) is 0 Å². The standard InChI is InChI=1S/C36H24N4/c37-35(23-10-2-1-3-11-23)39-36(38)30-20-17-22-9-4-5-12-25(22)33(30)24-18-19-27-29-15-8-14-28-26-13-6-7-16-31(26)40(34(28)29)32(27)21-24/h1-21H,(H3,37,38,39). The number of hydrogen-bond acceptors (Lipinski definition) is 1. The van der Waals surface area contributed by atoms with Crippen LogP contribution in [-0.4, -0.2) is 16.1 Å². The third-order valence-corrected chi connectivity index (χ3v) is 8.00. The number of aromatic nitrogens is 1. The van der Waals surface area contributed by atoms with Gasteiger partial charge in [-0.05, 0) is 34.5 Å². The lowest BCUT2D eigenvalue weighted by Gasteiger charge is -2.14. The number of fused-ring (bicyclic) bond motifs is 7. The van der Waals surface area contributed by atoms with Crippen molar-refractivity contribution < 1.29 is 0 Å². The first-order valence-electron chi connectivity index (χ1n) is 13.4. The molecule has 6 aromatic carbocycles. The molecule has 8 aromatic rings. The molecule has 8 rings (SSSR count). The van der Waals surface area contributed by atoms with Crippen LogP contribution in [-0.2, 0) is 0 Å². The van der Waals surface area contributed by atoms with Gasteiger partial charge >= 0.3 is 0 Å². The van der Waals surface area contributed by atoms with Gasteiger partial charge in [-0.3, -0.25) is 5.41 Å². The van der Waals surface area contributed by atoms with Crippen LogP contribution in [0.1, 0.15) is 11.1 Å². The van der Waals surface area contributed by atoms with E-state index in [1.54, 1.807) is 0 Å². The number of nitrogens with two attached hydrogens (primary N) is 1. The molecule has 188 valence electrons. The fraction of sp³-hybridized carbons (Fsp3) is 0. The minimum Gasteiger partial charge on any atom is -0.383 e. The van der Waals surface area contributed by atoms with E-state index in [1.807, 2.05) is 48.5 Å². The zero-order valence-electron chi connectivity index (χ0n) is 21.6. The maximum absolute atomic E-state index is 9.04. The van der Waals surface area contributed by atoms with Crippen LogP contribution in [0.15, 0.2) is 132 Å². The van der Waals surface area contributed by atoms with Crippen LogP contribution < -0.4 is 5.73 Å². The van der Waals surface area contributed by atoms with Crippen LogP contribution in [0.25, 0.3) is 60.0 Å². The number of rotatable bonds is 3. The molecule has 0 amide bonds. The monoisotopic (exact) mass is 512 g/mol. The first kappa shape index (κ1) is 22.5. The summed E-state index contributed by atoms with van der Waals surface area (Å²) in [5.41, 5.74) is 13.5. The normalized spacial score (nSPS) is 12.3. The van der Waals surface area contributed by atoms with Gasteiger partial charge in [0, 0.05) is 38.2 Å². The van der Waals surface area contributed by atoms with Crippen molar-refractivity contribution in [1.29, 1.82) is 5.41 Å². The van der Waals surface area contributed by atoms with Gasteiger partial charge in [-0.2, -0.15) is 0 Å². The van der Waals surface area contributed by atoms with Gasteiger partial charge in [0.2, 0.25) is 0 Å². The van der Waals surface area contributed by atoms with E-state index in [9.17, 15) is 0 Å². The molecule has 2 heterocycles. The second kappa shape index (κ2) is 8.52. The Hall–Kier alpha value is -5.48. The van der Waals surface area contributed by atoms with Crippen LogP contribution >= 0.6 is 0 Å². The predicted molar refractivity (Wildman–Crippen MR) is 168 cm³/mol. The van der Waals surface area contributed by atoms with Crippen LogP contribution in [0.3, 0.4) is 0 Å². The van der Waals surface area contributed by atoms with Crippen LogP contribution in [0.2, 0.25) is 0 Å². The van der Waals surface area contributed by atoms with E-state index in [-0.39, 0.29) is 5.84 Å². The van der Waals surface area contributed by atoms with Crippen molar-refractivity contribution in [2.45, 2.75) is 0 Å². The summed E-state index contributed by atoms with van der Waals surface area (Å²) in [6, 6.07) is 43.8. The summed E-state index contributed by atoms with van der Waals surface area (Å²) in [7, 11) is 0. The summed E-state index contributed by atoms with van der Waals surface area (Å²) in [5, 5.41) is 16.2. The van der Waals surface area contributed by atoms with E-state index in [0.29, 0.717) is 5.84 Å². The molecule has 0 unspecified atom stereocenters. The van der Waals surface area contributed by atoms with Gasteiger partial charge in [-0.25, -0.2) is 4.99 Å². The second-order valence-corrected chi connectivity index (χ2v) is 10.2. The minimum absolute atomic E-state index is 0.139. The Morgan fingerprint density at radius 3 is 2.10 bits per heavy atom. The molecule has 4 nitrogen and oxygen atoms in total. The Balaban J connectivity index is 1.41. The second-order valence-electron chi connectivity index (χ2n) is 10.2. The zero-order valence-corrected chi connectivity index (χ0v) is 21.6. The quantitative estimate of drug-likeness (QED) is 0.181. The maximum Gasteiger partial charge on any atom is 0.154 e. The molecule has 0 spiro atoms. The molecule has 3 N–H and O–H groups in total. The lowest BCUT2D eigenvalue weighted by atomic mass is 9.92. The largest absolute Gasteiger partial charge is 0.383 e. The van der Waals surface area contributed by atoms with Crippen molar-refractivity contribution in [3.63, 3.8) is 0 Å². The molecule has 0 fully saturated rings. The number of aliphatic imine (C=N–C) groups is 1. The summed E-state index contributed by atoms with van der Waals surface area (Å²) in [5.74, 6) is 0.468. The summed E-state index contributed by atoms with van der Waals surface area (Å²) in [6.45, 7) is 0. The molecule has 0 saturated carbocycles. The van der Waals surface area contributed by atoms with Gasteiger partial charge in [-0.15, -0.1) is 0 Å². The lowest BCUT2D eigenvalue weighted by molar-refractivity contribution is 1.37. The van der Waals surface area contributed by atoms with Crippen LogP contribution in [0, 0.1) is 5.41 Å². The Bertz CT molecular complexity index is 2290. The van der Waals surface area contributed by atoms with Gasteiger partial charge < -0.3 is 10.1 Å². The number of benzene rings is 6. The molecule has 40 heavy (non-hydrogen) atoms. The van der Waals surface area contributed by atoms with Gasteiger partial charge in [-0.1, -0.05) is 109 Å². The number of nitrogens with zero attached hydrogens (tertiary/aromatic N) is 2. The fourth-order valence-corrected chi connectivity index (χ4v) is 6.22. The Kier molecular flexibility index (Phi) is 4.79.